The average molecular weight is 253 g/mol. The lowest BCUT2D eigenvalue weighted by Crippen LogP contribution is -2.38. The third kappa shape index (κ3) is 4.45. The minimum Gasteiger partial charge on any atom is -0.394 e. The molecule has 100 valence electrons. The fourth-order valence-corrected chi connectivity index (χ4v) is 1.63. The van der Waals surface area contributed by atoms with E-state index in [0.29, 0.717) is 18.4 Å². The zero-order valence-electron chi connectivity index (χ0n) is 10.8. The van der Waals surface area contributed by atoms with Crippen LogP contribution in [0.15, 0.2) is 24.3 Å². The molecule has 0 heterocycles. The Labute approximate surface area is 107 Å². The molecule has 0 saturated carbocycles. The van der Waals surface area contributed by atoms with Crippen molar-refractivity contribution in [2.45, 2.75) is 32.7 Å². The fourth-order valence-electron chi connectivity index (χ4n) is 1.63. The summed E-state index contributed by atoms with van der Waals surface area (Å²) in [5.74, 6) is -0.527. The summed E-state index contributed by atoms with van der Waals surface area (Å²) in [7, 11) is 0. The Hall–Kier alpha value is -1.42. The van der Waals surface area contributed by atoms with Crippen LogP contribution in [-0.4, -0.2) is 23.7 Å². The third-order valence-electron chi connectivity index (χ3n) is 2.91. The van der Waals surface area contributed by atoms with E-state index >= 15 is 0 Å². The van der Waals surface area contributed by atoms with Gasteiger partial charge in [0.05, 0.1) is 6.61 Å². The number of halogens is 1. The summed E-state index contributed by atoms with van der Waals surface area (Å²) < 4.78 is 13.4. The van der Waals surface area contributed by atoms with Crippen molar-refractivity contribution in [1.82, 2.24) is 5.32 Å². The zero-order chi connectivity index (χ0) is 13.5. The van der Waals surface area contributed by atoms with Crippen LogP contribution in [0.25, 0.3) is 0 Å². The minimum absolute atomic E-state index is 0.0776. The highest BCUT2D eigenvalue weighted by atomic mass is 19.1. The van der Waals surface area contributed by atoms with Gasteiger partial charge in [0.1, 0.15) is 5.82 Å². The molecule has 0 bridgehead atoms. The van der Waals surface area contributed by atoms with Crippen molar-refractivity contribution in [3.8, 4) is 0 Å². The lowest BCUT2D eigenvalue weighted by molar-refractivity contribution is -0.125. The van der Waals surface area contributed by atoms with Crippen molar-refractivity contribution in [2.75, 3.05) is 6.61 Å². The molecule has 1 amide bonds. The van der Waals surface area contributed by atoms with Gasteiger partial charge in [0.15, 0.2) is 0 Å². The summed E-state index contributed by atoms with van der Waals surface area (Å²) in [5.41, 5.74) is 0.632. The van der Waals surface area contributed by atoms with Crippen LogP contribution in [-0.2, 0) is 11.2 Å². The summed E-state index contributed by atoms with van der Waals surface area (Å²) in [6.07, 6.45) is 1.12. The molecular formula is C14H20FNO2. The largest absolute Gasteiger partial charge is 0.394 e. The number of hydrogen-bond acceptors (Lipinski definition) is 2. The van der Waals surface area contributed by atoms with Gasteiger partial charge in [-0.2, -0.15) is 0 Å². The van der Waals surface area contributed by atoms with Gasteiger partial charge in [-0.05, 0) is 31.4 Å². The van der Waals surface area contributed by atoms with Gasteiger partial charge in [0.25, 0.3) is 0 Å². The van der Waals surface area contributed by atoms with Crippen molar-refractivity contribution >= 4 is 5.91 Å². The van der Waals surface area contributed by atoms with Crippen LogP contribution in [0.5, 0.6) is 0 Å². The Morgan fingerprint density at radius 1 is 1.39 bits per heavy atom. The average Bonchev–Trinajstić information content (AvgIpc) is 2.37. The molecule has 0 saturated heterocycles. The number of benzene rings is 1. The molecule has 1 aromatic carbocycles. The highest BCUT2D eigenvalue weighted by Crippen LogP contribution is 2.13. The number of aliphatic hydroxyl groups excluding tert-OH is 1. The molecule has 0 spiro atoms. The maximum Gasteiger partial charge on any atom is 0.223 e. The second-order valence-electron chi connectivity index (χ2n) is 4.62. The predicted molar refractivity (Wildman–Crippen MR) is 68.6 cm³/mol. The number of nitrogens with one attached hydrogen (secondary N) is 1. The molecule has 2 N–H and O–H groups in total. The van der Waals surface area contributed by atoms with Gasteiger partial charge < -0.3 is 10.4 Å². The van der Waals surface area contributed by atoms with Crippen molar-refractivity contribution in [3.05, 3.63) is 35.6 Å². The number of aryl methyl sites for hydroxylation is 1. The molecule has 0 aliphatic rings. The molecule has 0 radical (unpaired) electrons. The predicted octanol–water partition coefficient (Wildman–Crippen LogP) is 1.89. The quantitative estimate of drug-likeness (QED) is 0.813. The Balaban J connectivity index is 2.44. The Bertz CT molecular complexity index is 395. The van der Waals surface area contributed by atoms with Crippen LogP contribution in [0.1, 0.15) is 25.8 Å². The molecule has 2 atom stereocenters. The summed E-state index contributed by atoms with van der Waals surface area (Å²) in [6.45, 7) is 3.47. The van der Waals surface area contributed by atoms with Crippen molar-refractivity contribution in [2.24, 2.45) is 5.92 Å². The maximum atomic E-state index is 13.4. The number of carbonyl (C=O) groups is 1. The highest BCUT2D eigenvalue weighted by Gasteiger charge is 2.15. The van der Waals surface area contributed by atoms with Gasteiger partial charge in [-0.15, -0.1) is 0 Å². The second-order valence-corrected chi connectivity index (χ2v) is 4.62. The van der Waals surface area contributed by atoms with E-state index in [1.165, 1.54) is 6.07 Å². The van der Waals surface area contributed by atoms with Crippen molar-refractivity contribution in [1.29, 1.82) is 0 Å². The first-order chi connectivity index (χ1) is 8.54. The summed E-state index contributed by atoms with van der Waals surface area (Å²) >= 11 is 0. The number of aliphatic hydroxyl groups is 1. The number of amides is 1. The molecule has 4 heteroatoms. The van der Waals surface area contributed by atoms with Crippen LogP contribution in [0.4, 0.5) is 4.39 Å². The van der Waals surface area contributed by atoms with E-state index in [-0.39, 0.29) is 30.3 Å². The van der Waals surface area contributed by atoms with E-state index < -0.39 is 0 Å². The third-order valence-corrected chi connectivity index (χ3v) is 2.91. The Kier molecular flexibility index (Phi) is 5.78. The molecule has 0 aliphatic heterocycles. The first-order valence-corrected chi connectivity index (χ1v) is 6.19. The van der Waals surface area contributed by atoms with Gasteiger partial charge in [-0.3, -0.25) is 4.79 Å². The van der Waals surface area contributed by atoms with E-state index in [1.54, 1.807) is 32.0 Å². The highest BCUT2D eigenvalue weighted by molar-refractivity contribution is 5.78. The van der Waals surface area contributed by atoms with E-state index in [1.807, 2.05) is 0 Å². The summed E-state index contributed by atoms with van der Waals surface area (Å²) in [6, 6.07) is 6.35. The van der Waals surface area contributed by atoms with Crippen molar-refractivity contribution in [3.63, 3.8) is 0 Å². The minimum atomic E-state index is -0.242. The van der Waals surface area contributed by atoms with Crippen molar-refractivity contribution < 1.29 is 14.3 Å². The Morgan fingerprint density at radius 2 is 2.06 bits per heavy atom. The molecule has 1 aromatic rings. The molecule has 3 nitrogen and oxygen atoms in total. The Morgan fingerprint density at radius 3 is 2.67 bits per heavy atom. The lowest BCUT2D eigenvalue weighted by Gasteiger charge is -2.15. The monoisotopic (exact) mass is 253 g/mol. The normalized spacial score (nSPS) is 14.0. The van der Waals surface area contributed by atoms with Gasteiger partial charge >= 0.3 is 0 Å². The van der Waals surface area contributed by atoms with Crippen LogP contribution >= 0.6 is 0 Å². The second kappa shape index (κ2) is 7.11. The van der Waals surface area contributed by atoms with Gasteiger partial charge in [-0.1, -0.05) is 25.1 Å². The molecule has 0 fully saturated rings. The van der Waals surface area contributed by atoms with Gasteiger partial charge in [0, 0.05) is 12.0 Å². The standard InChI is InChI=1S/C14H20FNO2/c1-10(14(18)16-11(2)9-17)7-8-12-5-3-4-6-13(12)15/h3-6,10-11,17H,7-9H2,1-2H3,(H,16,18). The number of rotatable bonds is 6. The number of hydrogen-bond donors (Lipinski definition) is 2. The van der Waals surface area contributed by atoms with Gasteiger partial charge in [-0.25, -0.2) is 4.39 Å². The SMILES string of the molecule is CC(CO)NC(=O)C(C)CCc1ccccc1F. The van der Waals surface area contributed by atoms with E-state index in [0.717, 1.165) is 0 Å². The molecule has 2 unspecified atom stereocenters. The first kappa shape index (κ1) is 14.6. The topological polar surface area (TPSA) is 49.3 Å². The molecule has 0 aromatic heterocycles. The molecule has 18 heavy (non-hydrogen) atoms. The zero-order valence-corrected chi connectivity index (χ0v) is 10.8. The summed E-state index contributed by atoms with van der Waals surface area (Å²) in [4.78, 5) is 11.7. The van der Waals surface area contributed by atoms with Crippen LogP contribution in [0.3, 0.4) is 0 Å². The fraction of sp³-hybridized carbons (Fsp3) is 0.500. The molecular weight excluding hydrogens is 233 g/mol. The molecule has 1 rings (SSSR count). The lowest BCUT2D eigenvalue weighted by atomic mass is 10.00. The van der Waals surface area contributed by atoms with Gasteiger partial charge in [0.2, 0.25) is 5.91 Å². The molecule has 0 aliphatic carbocycles. The first-order valence-electron chi connectivity index (χ1n) is 6.19. The number of carbonyl (C=O) groups excluding carboxylic acids is 1. The smallest absolute Gasteiger partial charge is 0.223 e. The van der Waals surface area contributed by atoms with E-state index in [9.17, 15) is 9.18 Å². The van der Waals surface area contributed by atoms with E-state index in [2.05, 4.69) is 5.32 Å². The van der Waals surface area contributed by atoms with Crippen LogP contribution < -0.4 is 5.32 Å². The van der Waals surface area contributed by atoms with Crippen LogP contribution in [0.2, 0.25) is 0 Å². The summed E-state index contributed by atoms with van der Waals surface area (Å²) in [5, 5.41) is 11.5. The van der Waals surface area contributed by atoms with Crippen LogP contribution in [0, 0.1) is 11.7 Å². The maximum absolute atomic E-state index is 13.4. The van der Waals surface area contributed by atoms with E-state index in [4.69, 9.17) is 5.11 Å².